The lowest BCUT2D eigenvalue weighted by Gasteiger charge is -2.24. The molecule has 2 unspecified atom stereocenters. The molecule has 0 radical (unpaired) electrons. The van der Waals surface area contributed by atoms with Crippen molar-refractivity contribution in [2.75, 3.05) is 13.3 Å². The molecule has 0 saturated carbocycles. The van der Waals surface area contributed by atoms with E-state index in [1.807, 2.05) is 0 Å². The molecule has 0 aromatic carbocycles. The lowest BCUT2D eigenvalue weighted by Crippen LogP contribution is -2.11. The SMILES string of the molecule is CCOP(C)(=O)C(CCC/C=C(/C)CCC=C(C)C)P(=O)(O)O. The van der Waals surface area contributed by atoms with E-state index in [1.54, 1.807) is 6.92 Å². The van der Waals surface area contributed by atoms with Gasteiger partial charge >= 0.3 is 7.60 Å². The van der Waals surface area contributed by atoms with Crippen LogP contribution >= 0.6 is 15.0 Å². The smallest absolute Gasteiger partial charge is 0.328 e. The molecule has 2 atom stereocenters. The topological polar surface area (TPSA) is 83.8 Å². The van der Waals surface area contributed by atoms with Gasteiger partial charge in [-0.1, -0.05) is 23.3 Å². The van der Waals surface area contributed by atoms with Crippen LogP contribution in [0.2, 0.25) is 0 Å². The molecule has 0 heterocycles. The molecule has 0 aromatic rings. The van der Waals surface area contributed by atoms with Gasteiger partial charge in [-0.2, -0.15) is 0 Å². The third-order valence-corrected chi connectivity index (χ3v) is 8.87. The van der Waals surface area contributed by atoms with Gasteiger partial charge in [-0.05, 0) is 59.8 Å². The molecule has 136 valence electrons. The minimum absolute atomic E-state index is 0.188. The Morgan fingerprint density at radius 1 is 1.13 bits per heavy atom. The first-order chi connectivity index (χ1) is 10.5. The zero-order chi connectivity index (χ0) is 18.1. The second-order valence-electron chi connectivity index (χ2n) is 6.20. The fourth-order valence-electron chi connectivity index (χ4n) is 2.36. The molecule has 0 fully saturated rings. The van der Waals surface area contributed by atoms with Crippen LogP contribution in [0.3, 0.4) is 0 Å². The van der Waals surface area contributed by atoms with Crippen LogP contribution in [0.1, 0.15) is 59.8 Å². The van der Waals surface area contributed by atoms with Crippen LogP contribution in [-0.2, 0) is 13.7 Å². The number of allylic oxidation sites excluding steroid dienone is 4. The molecule has 0 saturated heterocycles. The first-order valence-corrected chi connectivity index (χ1v) is 11.9. The molecule has 23 heavy (non-hydrogen) atoms. The lowest BCUT2D eigenvalue weighted by molar-refractivity contribution is 0.321. The van der Waals surface area contributed by atoms with E-state index in [0.717, 1.165) is 19.3 Å². The van der Waals surface area contributed by atoms with Gasteiger partial charge in [-0.25, -0.2) is 0 Å². The van der Waals surface area contributed by atoms with Crippen molar-refractivity contribution < 1.29 is 23.4 Å². The molecule has 0 rings (SSSR count). The number of hydrogen-bond donors (Lipinski definition) is 2. The van der Waals surface area contributed by atoms with Crippen LogP contribution in [0.4, 0.5) is 0 Å². The normalized spacial score (nSPS) is 16.7. The quantitative estimate of drug-likeness (QED) is 0.295. The van der Waals surface area contributed by atoms with Crippen molar-refractivity contribution in [1.82, 2.24) is 0 Å². The average Bonchev–Trinajstić information content (AvgIpc) is 2.35. The molecule has 0 bridgehead atoms. The van der Waals surface area contributed by atoms with E-state index < -0.39 is 20.4 Å². The third kappa shape index (κ3) is 10.3. The van der Waals surface area contributed by atoms with Gasteiger partial charge in [0, 0.05) is 6.66 Å². The van der Waals surface area contributed by atoms with Crippen LogP contribution in [0.5, 0.6) is 0 Å². The van der Waals surface area contributed by atoms with Crippen molar-refractivity contribution >= 4 is 15.0 Å². The average molecular weight is 366 g/mol. The highest BCUT2D eigenvalue weighted by atomic mass is 31.2. The number of hydrogen-bond acceptors (Lipinski definition) is 3. The number of rotatable bonds is 11. The van der Waals surface area contributed by atoms with Gasteiger partial charge in [0.2, 0.25) is 7.37 Å². The van der Waals surface area contributed by atoms with E-state index >= 15 is 0 Å². The van der Waals surface area contributed by atoms with Gasteiger partial charge < -0.3 is 14.3 Å². The van der Waals surface area contributed by atoms with Gasteiger partial charge in [-0.3, -0.25) is 9.13 Å². The maximum absolute atomic E-state index is 12.4. The van der Waals surface area contributed by atoms with E-state index in [-0.39, 0.29) is 13.0 Å². The van der Waals surface area contributed by atoms with Crippen LogP contribution < -0.4 is 0 Å². The predicted octanol–water partition coefficient (Wildman–Crippen LogP) is 5.30. The second-order valence-corrected chi connectivity index (χ2v) is 11.1. The molecule has 0 aliphatic rings. The summed E-state index contributed by atoms with van der Waals surface area (Å²) >= 11 is 0. The summed E-state index contributed by atoms with van der Waals surface area (Å²) in [6.45, 7) is 9.38. The molecule has 2 N–H and O–H groups in total. The highest BCUT2D eigenvalue weighted by Crippen LogP contribution is 2.64. The zero-order valence-corrected chi connectivity index (χ0v) is 16.8. The minimum Gasteiger partial charge on any atom is -0.328 e. The maximum atomic E-state index is 12.4. The van der Waals surface area contributed by atoms with Crippen molar-refractivity contribution in [3.8, 4) is 0 Å². The standard InChI is InChI=1S/C16H32O5P2/c1-6-21-22(5,17)16(23(18,19)20)13-8-7-11-15(4)12-9-10-14(2)3/h10-11,16H,6-9,12-13H2,1-5H3,(H2,18,19,20)/b15-11-. The monoisotopic (exact) mass is 366 g/mol. The van der Waals surface area contributed by atoms with E-state index in [4.69, 9.17) is 4.52 Å². The summed E-state index contributed by atoms with van der Waals surface area (Å²) in [4.78, 5) is 18.9. The summed E-state index contributed by atoms with van der Waals surface area (Å²) in [5, 5.41) is -1.20. The Kier molecular flexibility index (Phi) is 10.6. The Hall–Kier alpha value is -0.180. The Morgan fingerprint density at radius 3 is 2.22 bits per heavy atom. The number of unbranched alkanes of at least 4 members (excludes halogenated alkanes) is 1. The zero-order valence-electron chi connectivity index (χ0n) is 15.0. The third-order valence-electron chi connectivity index (χ3n) is 3.57. The fourth-order valence-corrected chi connectivity index (χ4v) is 6.60. The second kappa shape index (κ2) is 10.6. The predicted molar refractivity (Wildman–Crippen MR) is 97.3 cm³/mol. The molecular weight excluding hydrogens is 334 g/mol. The van der Waals surface area contributed by atoms with E-state index in [9.17, 15) is 18.9 Å². The van der Waals surface area contributed by atoms with Gasteiger partial charge in [-0.15, -0.1) is 0 Å². The Labute approximate surface area is 140 Å². The van der Waals surface area contributed by atoms with Crippen LogP contribution in [0, 0.1) is 0 Å². The van der Waals surface area contributed by atoms with Crippen LogP contribution in [0.15, 0.2) is 23.3 Å². The maximum Gasteiger partial charge on any atom is 0.338 e. The molecule has 7 heteroatoms. The molecule has 0 aromatic heterocycles. The molecule has 0 spiro atoms. The Morgan fingerprint density at radius 2 is 1.74 bits per heavy atom. The lowest BCUT2D eigenvalue weighted by atomic mass is 10.1. The van der Waals surface area contributed by atoms with E-state index in [0.29, 0.717) is 6.42 Å². The van der Waals surface area contributed by atoms with Crippen molar-refractivity contribution in [1.29, 1.82) is 0 Å². The van der Waals surface area contributed by atoms with Crippen molar-refractivity contribution in [2.24, 2.45) is 0 Å². The van der Waals surface area contributed by atoms with Crippen molar-refractivity contribution in [2.45, 2.75) is 65.2 Å². The van der Waals surface area contributed by atoms with Gasteiger partial charge in [0.05, 0.1) is 6.61 Å². The van der Waals surface area contributed by atoms with E-state index in [2.05, 4.69) is 32.9 Å². The summed E-state index contributed by atoms with van der Waals surface area (Å²) in [5.41, 5.74) is 2.57. The first-order valence-electron chi connectivity index (χ1n) is 8.06. The van der Waals surface area contributed by atoms with Crippen molar-refractivity contribution in [3.05, 3.63) is 23.3 Å². The fraction of sp³-hybridized carbons (Fsp3) is 0.750. The first kappa shape index (κ1) is 22.8. The Balaban J connectivity index is 4.52. The minimum atomic E-state index is -4.44. The largest absolute Gasteiger partial charge is 0.338 e. The van der Waals surface area contributed by atoms with Gasteiger partial charge in [0.1, 0.15) is 5.40 Å². The molecule has 0 amide bonds. The highest BCUT2D eigenvalue weighted by Gasteiger charge is 2.41. The molecule has 0 aliphatic heterocycles. The molecule has 0 aliphatic carbocycles. The van der Waals surface area contributed by atoms with Gasteiger partial charge in [0.15, 0.2) is 0 Å². The van der Waals surface area contributed by atoms with Crippen molar-refractivity contribution in [3.63, 3.8) is 0 Å². The summed E-state index contributed by atoms with van der Waals surface area (Å²) in [6.07, 6.45) is 7.79. The summed E-state index contributed by atoms with van der Waals surface area (Å²) < 4.78 is 29.1. The summed E-state index contributed by atoms with van der Waals surface area (Å²) in [6, 6.07) is 0. The van der Waals surface area contributed by atoms with Crippen LogP contribution in [0.25, 0.3) is 0 Å². The highest BCUT2D eigenvalue weighted by molar-refractivity contribution is 7.74. The van der Waals surface area contributed by atoms with Crippen LogP contribution in [-0.4, -0.2) is 28.5 Å². The van der Waals surface area contributed by atoms with Gasteiger partial charge in [0.25, 0.3) is 0 Å². The summed E-state index contributed by atoms with van der Waals surface area (Å²) in [5.74, 6) is 0. The summed E-state index contributed by atoms with van der Waals surface area (Å²) in [7, 11) is -7.74. The Bertz CT molecular complexity index is 501. The molecular formula is C16H32O5P2. The molecule has 5 nitrogen and oxygen atoms in total. The van der Waals surface area contributed by atoms with E-state index in [1.165, 1.54) is 17.8 Å².